The van der Waals surface area contributed by atoms with Gasteiger partial charge in [-0.1, -0.05) is 0 Å². The van der Waals surface area contributed by atoms with Gasteiger partial charge in [-0.3, -0.25) is 9.78 Å². The summed E-state index contributed by atoms with van der Waals surface area (Å²) in [6.07, 6.45) is -4.10. The molecule has 0 saturated heterocycles. The fourth-order valence-electron chi connectivity index (χ4n) is 1.82. The van der Waals surface area contributed by atoms with Crippen LogP contribution in [0.15, 0.2) is 36.5 Å². The number of Topliss-reactive ketones (excluding diaryl/α,β-unsaturated/α-hetero) is 1. The zero-order chi connectivity index (χ0) is 17.2. The Hall–Kier alpha value is -2.82. The summed E-state index contributed by atoms with van der Waals surface area (Å²) in [5, 5.41) is 9.06. The van der Waals surface area contributed by atoms with E-state index in [0.717, 1.165) is 18.2 Å². The van der Waals surface area contributed by atoms with Crippen LogP contribution in [0.25, 0.3) is 0 Å². The first kappa shape index (κ1) is 16.5. The highest BCUT2D eigenvalue weighted by molar-refractivity contribution is 6.02. The highest BCUT2D eigenvalue weighted by atomic mass is 19.4. The first-order valence-electron chi connectivity index (χ1n) is 6.16. The second-order valence-corrected chi connectivity index (χ2v) is 4.52. The third kappa shape index (κ3) is 3.51. The average molecular weight is 326 g/mol. The van der Waals surface area contributed by atoms with Crippen molar-refractivity contribution in [2.45, 2.75) is 12.1 Å². The van der Waals surface area contributed by atoms with Gasteiger partial charge in [-0.25, -0.2) is 8.78 Å². The van der Waals surface area contributed by atoms with Crippen molar-refractivity contribution in [1.29, 1.82) is 5.26 Å². The molecule has 1 aromatic heterocycles. The lowest BCUT2D eigenvalue weighted by atomic mass is 9.95. The molecule has 1 aromatic carbocycles. The van der Waals surface area contributed by atoms with Gasteiger partial charge in [-0.05, 0) is 30.3 Å². The van der Waals surface area contributed by atoms with Crippen LogP contribution in [0, 0.1) is 23.0 Å². The van der Waals surface area contributed by atoms with Crippen molar-refractivity contribution in [2.75, 3.05) is 0 Å². The lowest BCUT2D eigenvalue weighted by Gasteiger charge is -2.10. The molecule has 0 N–H and O–H groups in total. The van der Waals surface area contributed by atoms with Crippen molar-refractivity contribution >= 4 is 5.78 Å². The van der Waals surface area contributed by atoms with E-state index in [1.807, 2.05) is 0 Å². The van der Waals surface area contributed by atoms with Crippen LogP contribution in [0.3, 0.4) is 0 Å². The Kier molecular flexibility index (Phi) is 4.40. The predicted molar refractivity (Wildman–Crippen MR) is 68.3 cm³/mol. The number of ketones is 1. The summed E-state index contributed by atoms with van der Waals surface area (Å²) in [4.78, 5) is 15.6. The number of halogens is 5. The summed E-state index contributed by atoms with van der Waals surface area (Å²) < 4.78 is 63.4. The molecule has 1 unspecified atom stereocenters. The van der Waals surface area contributed by atoms with E-state index in [4.69, 9.17) is 5.26 Å². The standard InChI is InChI=1S/C15H7F5N2O/c16-11-3-1-8(5-12(11)17)14(23)10(6-21)13-4-2-9(7-22-13)15(18,19)20/h1-5,7,10H. The number of hydrogen-bond donors (Lipinski definition) is 0. The van der Waals surface area contributed by atoms with E-state index in [0.29, 0.717) is 18.3 Å². The van der Waals surface area contributed by atoms with E-state index < -0.39 is 35.1 Å². The topological polar surface area (TPSA) is 53.8 Å². The zero-order valence-corrected chi connectivity index (χ0v) is 11.2. The van der Waals surface area contributed by atoms with Gasteiger partial charge in [0, 0.05) is 11.8 Å². The molecule has 0 radical (unpaired) electrons. The lowest BCUT2D eigenvalue weighted by molar-refractivity contribution is -0.137. The van der Waals surface area contributed by atoms with Crippen molar-refractivity contribution in [3.63, 3.8) is 0 Å². The maximum atomic E-state index is 13.1. The normalized spacial score (nSPS) is 12.5. The van der Waals surface area contributed by atoms with Crippen LogP contribution < -0.4 is 0 Å². The van der Waals surface area contributed by atoms with E-state index in [1.54, 1.807) is 6.07 Å². The van der Waals surface area contributed by atoms with Crippen LogP contribution in [0.5, 0.6) is 0 Å². The molecule has 23 heavy (non-hydrogen) atoms. The number of carbonyl (C=O) groups excluding carboxylic acids is 1. The van der Waals surface area contributed by atoms with Gasteiger partial charge in [-0.2, -0.15) is 18.4 Å². The second kappa shape index (κ2) is 6.12. The molecule has 0 saturated carbocycles. The Bertz CT molecular complexity index is 778. The van der Waals surface area contributed by atoms with Crippen LogP contribution in [-0.4, -0.2) is 10.8 Å². The van der Waals surface area contributed by atoms with Gasteiger partial charge < -0.3 is 0 Å². The van der Waals surface area contributed by atoms with Gasteiger partial charge in [0.25, 0.3) is 0 Å². The number of rotatable bonds is 3. The molecule has 0 fully saturated rings. The fraction of sp³-hybridized carbons (Fsp3) is 0.133. The minimum atomic E-state index is -4.60. The minimum absolute atomic E-state index is 0.213. The van der Waals surface area contributed by atoms with E-state index >= 15 is 0 Å². The number of alkyl halides is 3. The summed E-state index contributed by atoms with van der Waals surface area (Å²) in [6, 6.07) is 5.50. The molecule has 0 aliphatic carbocycles. The van der Waals surface area contributed by atoms with Crippen LogP contribution in [0.4, 0.5) is 22.0 Å². The van der Waals surface area contributed by atoms with Gasteiger partial charge in [-0.15, -0.1) is 0 Å². The first-order valence-corrected chi connectivity index (χ1v) is 6.16. The molecule has 0 aliphatic heterocycles. The second-order valence-electron chi connectivity index (χ2n) is 4.52. The van der Waals surface area contributed by atoms with Gasteiger partial charge in [0.1, 0.15) is 0 Å². The van der Waals surface area contributed by atoms with E-state index in [2.05, 4.69) is 4.98 Å². The number of aromatic nitrogens is 1. The van der Waals surface area contributed by atoms with Crippen molar-refractivity contribution < 1.29 is 26.7 Å². The largest absolute Gasteiger partial charge is 0.417 e. The van der Waals surface area contributed by atoms with Crippen molar-refractivity contribution in [3.8, 4) is 6.07 Å². The number of pyridine rings is 1. The molecular weight excluding hydrogens is 319 g/mol. The molecule has 2 aromatic rings. The molecule has 2 rings (SSSR count). The molecular formula is C15H7F5N2O. The van der Waals surface area contributed by atoms with Gasteiger partial charge in [0.15, 0.2) is 23.3 Å². The number of carbonyl (C=O) groups is 1. The SMILES string of the molecule is N#CC(C(=O)c1ccc(F)c(F)c1)c1ccc(C(F)(F)F)cn1. The molecule has 118 valence electrons. The highest BCUT2D eigenvalue weighted by Gasteiger charge is 2.32. The summed E-state index contributed by atoms with van der Waals surface area (Å²) >= 11 is 0. The van der Waals surface area contributed by atoms with Crippen LogP contribution >= 0.6 is 0 Å². The molecule has 1 atom stereocenters. The van der Waals surface area contributed by atoms with Crippen LogP contribution in [0.2, 0.25) is 0 Å². The molecule has 0 bridgehead atoms. The first-order chi connectivity index (χ1) is 10.7. The lowest BCUT2D eigenvalue weighted by Crippen LogP contribution is -2.14. The van der Waals surface area contributed by atoms with Gasteiger partial charge in [0.05, 0.1) is 17.3 Å². The quantitative estimate of drug-likeness (QED) is 0.635. The third-order valence-electron chi connectivity index (χ3n) is 3.00. The highest BCUT2D eigenvalue weighted by Crippen LogP contribution is 2.29. The smallest absolute Gasteiger partial charge is 0.292 e. The van der Waals surface area contributed by atoms with Crippen molar-refractivity contribution in [2.24, 2.45) is 0 Å². The maximum Gasteiger partial charge on any atom is 0.417 e. The van der Waals surface area contributed by atoms with Crippen molar-refractivity contribution in [3.05, 3.63) is 65.0 Å². The Labute approximate surface area is 127 Å². The van der Waals surface area contributed by atoms with Gasteiger partial charge >= 0.3 is 6.18 Å². The molecule has 3 nitrogen and oxygen atoms in total. The van der Waals surface area contributed by atoms with E-state index in [-0.39, 0.29) is 11.3 Å². The monoisotopic (exact) mass is 326 g/mol. The number of nitrogens with zero attached hydrogens (tertiary/aromatic N) is 2. The summed E-state index contributed by atoms with van der Waals surface area (Å²) in [7, 11) is 0. The van der Waals surface area contributed by atoms with Crippen LogP contribution in [0.1, 0.15) is 27.5 Å². The predicted octanol–water partition coefficient (Wildman–Crippen LogP) is 3.87. The Balaban J connectivity index is 2.34. The minimum Gasteiger partial charge on any atom is -0.292 e. The number of nitriles is 1. The Morgan fingerprint density at radius 1 is 1.13 bits per heavy atom. The molecule has 0 amide bonds. The summed E-state index contributed by atoms with van der Waals surface area (Å²) in [5.41, 5.74) is -1.52. The Morgan fingerprint density at radius 2 is 1.83 bits per heavy atom. The molecule has 1 heterocycles. The van der Waals surface area contributed by atoms with E-state index in [9.17, 15) is 26.7 Å². The van der Waals surface area contributed by atoms with E-state index in [1.165, 1.54) is 0 Å². The number of benzene rings is 1. The third-order valence-corrected chi connectivity index (χ3v) is 3.00. The molecule has 8 heteroatoms. The maximum absolute atomic E-state index is 13.1. The average Bonchev–Trinajstić information content (AvgIpc) is 2.50. The summed E-state index contributed by atoms with van der Waals surface area (Å²) in [5.74, 6) is -4.85. The molecule has 0 aliphatic rings. The Morgan fingerprint density at radius 3 is 2.30 bits per heavy atom. The number of hydrogen-bond acceptors (Lipinski definition) is 3. The fourth-order valence-corrected chi connectivity index (χ4v) is 1.82. The molecule has 0 spiro atoms. The summed E-state index contributed by atoms with van der Waals surface area (Å²) in [6.45, 7) is 0. The van der Waals surface area contributed by atoms with Crippen LogP contribution in [-0.2, 0) is 6.18 Å². The van der Waals surface area contributed by atoms with Crippen molar-refractivity contribution in [1.82, 2.24) is 4.98 Å². The zero-order valence-electron chi connectivity index (χ0n) is 11.2. The van der Waals surface area contributed by atoms with Gasteiger partial charge in [0.2, 0.25) is 0 Å².